The fraction of sp³-hybridized carbons (Fsp3) is 0.0769. The van der Waals surface area contributed by atoms with Gasteiger partial charge in [-0.3, -0.25) is 0 Å². The highest BCUT2D eigenvalue weighted by Gasteiger charge is 2.53. The van der Waals surface area contributed by atoms with E-state index in [0.29, 0.717) is 0 Å². The second-order valence-electron chi connectivity index (χ2n) is 15.2. The minimum atomic E-state index is -0.468. The van der Waals surface area contributed by atoms with Crippen LogP contribution in [0.25, 0.3) is 44.5 Å². The number of anilines is 3. The predicted molar refractivity (Wildman–Crippen MR) is 220 cm³/mol. The fourth-order valence-electron chi connectivity index (χ4n) is 10.0. The Hall–Kier alpha value is -6.44. The molecule has 250 valence electrons. The quantitative estimate of drug-likeness (QED) is 0.179. The summed E-state index contributed by atoms with van der Waals surface area (Å²) in [7, 11) is 0. The highest BCUT2D eigenvalue weighted by atomic mass is 15.1. The van der Waals surface area contributed by atoms with Crippen molar-refractivity contribution >= 4 is 17.1 Å². The lowest BCUT2D eigenvalue weighted by atomic mass is 9.70. The monoisotopic (exact) mass is 675 g/mol. The summed E-state index contributed by atoms with van der Waals surface area (Å²) in [6.45, 7) is 4.75. The molecule has 0 heterocycles. The molecule has 0 bridgehead atoms. The number of nitrogens with zero attached hydrogens (tertiary/aromatic N) is 1. The lowest BCUT2D eigenvalue weighted by molar-refractivity contribution is 0.660. The molecule has 0 aromatic heterocycles. The third kappa shape index (κ3) is 4.02. The van der Waals surface area contributed by atoms with Crippen LogP contribution in [0, 0.1) is 0 Å². The van der Waals surface area contributed by atoms with Gasteiger partial charge in [0.15, 0.2) is 0 Å². The van der Waals surface area contributed by atoms with Crippen LogP contribution in [0.1, 0.15) is 47.2 Å². The number of hydrogen-bond acceptors (Lipinski definition) is 1. The molecule has 0 saturated heterocycles. The Bertz CT molecular complexity index is 2690. The van der Waals surface area contributed by atoms with Crippen molar-refractivity contribution < 1.29 is 0 Å². The maximum atomic E-state index is 2.53. The normalized spacial score (nSPS) is 14.5. The third-order valence-corrected chi connectivity index (χ3v) is 12.3. The zero-order chi connectivity index (χ0) is 35.3. The Morgan fingerprint density at radius 2 is 0.792 bits per heavy atom. The molecule has 0 N–H and O–H groups in total. The van der Waals surface area contributed by atoms with Crippen molar-refractivity contribution in [1.82, 2.24) is 0 Å². The predicted octanol–water partition coefficient (Wildman–Crippen LogP) is 13.5. The van der Waals surface area contributed by atoms with Crippen LogP contribution < -0.4 is 4.90 Å². The van der Waals surface area contributed by atoms with E-state index in [2.05, 4.69) is 207 Å². The van der Waals surface area contributed by atoms with Crippen LogP contribution >= 0.6 is 0 Å². The van der Waals surface area contributed by atoms with Gasteiger partial charge in [0.25, 0.3) is 0 Å². The van der Waals surface area contributed by atoms with Gasteiger partial charge in [0.05, 0.1) is 11.1 Å². The summed E-state index contributed by atoms with van der Waals surface area (Å²) in [5.74, 6) is 0. The molecule has 8 aromatic carbocycles. The van der Waals surface area contributed by atoms with Gasteiger partial charge in [0.2, 0.25) is 0 Å². The second kappa shape index (κ2) is 11.0. The molecule has 0 fully saturated rings. The van der Waals surface area contributed by atoms with Gasteiger partial charge in [0.1, 0.15) is 0 Å². The summed E-state index contributed by atoms with van der Waals surface area (Å²) in [6, 6.07) is 70.2. The van der Waals surface area contributed by atoms with Crippen LogP contribution in [0.4, 0.5) is 17.1 Å². The number of hydrogen-bond donors (Lipinski definition) is 0. The Kier molecular flexibility index (Phi) is 6.29. The molecule has 0 atom stereocenters. The Labute approximate surface area is 311 Å². The van der Waals surface area contributed by atoms with Crippen molar-refractivity contribution in [2.75, 3.05) is 4.90 Å². The Morgan fingerprint density at radius 3 is 1.42 bits per heavy atom. The zero-order valence-electron chi connectivity index (χ0n) is 29.8. The van der Waals surface area contributed by atoms with Crippen LogP contribution in [0.2, 0.25) is 0 Å². The van der Waals surface area contributed by atoms with Crippen LogP contribution in [-0.2, 0) is 10.8 Å². The van der Waals surface area contributed by atoms with E-state index < -0.39 is 5.41 Å². The molecule has 0 unspecified atom stereocenters. The second-order valence-corrected chi connectivity index (χ2v) is 15.2. The molecule has 0 aliphatic heterocycles. The summed E-state index contributed by atoms with van der Waals surface area (Å²) >= 11 is 0. The van der Waals surface area contributed by atoms with Gasteiger partial charge >= 0.3 is 0 Å². The minimum absolute atomic E-state index is 0.121. The van der Waals surface area contributed by atoms with Crippen molar-refractivity contribution in [2.45, 2.75) is 24.7 Å². The first-order chi connectivity index (χ1) is 26.1. The van der Waals surface area contributed by atoms with Gasteiger partial charge in [-0.1, -0.05) is 172 Å². The summed E-state index contributed by atoms with van der Waals surface area (Å²) in [5, 5.41) is 0. The van der Waals surface area contributed by atoms with Gasteiger partial charge in [-0.2, -0.15) is 0 Å². The van der Waals surface area contributed by atoms with E-state index >= 15 is 0 Å². The lowest BCUT2D eigenvalue weighted by Gasteiger charge is -2.36. The highest BCUT2D eigenvalue weighted by molar-refractivity contribution is 6.00. The number of fused-ring (bicyclic) bond motifs is 13. The molecule has 3 aliphatic rings. The SMILES string of the molecule is CC1(C)c2ccccc2-c2ccc(N(c3ccc(-c4ccccc4)cc3)c3cccc4c3C3(c5ccccc5-c5ccccc53)c3ccccc3-4)cc21. The zero-order valence-corrected chi connectivity index (χ0v) is 29.8. The summed E-state index contributed by atoms with van der Waals surface area (Å²) < 4.78 is 0. The van der Waals surface area contributed by atoms with E-state index in [1.54, 1.807) is 0 Å². The van der Waals surface area contributed by atoms with Crippen LogP contribution in [0.5, 0.6) is 0 Å². The van der Waals surface area contributed by atoms with Crippen molar-refractivity contribution in [3.8, 4) is 44.5 Å². The Balaban J connectivity index is 1.21. The third-order valence-electron chi connectivity index (χ3n) is 12.3. The van der Waals surface area contributed by atoms with E-state index in [9.17, 15) is 0 Å². The molecular formula is C52H37N. The molecule has 1 heteroatoms. The molecular weight excluding hydrogens is 639 g/mol. The fourth-order valence-corrected chi connectivity index (χ4v) is 10.0. The van der Waals surface area contributed by atoms with Gasteiger partial charge in [-0.05, 0) is 103 Å². The van der Waals surface area contributed by atoms with Gasteiger partial charge in [0, 0.05) is 22.4 Å². The molecule has 0 radical (unpaired) electrons. The summed E-state index contributed by atoms with van der Waals surface area (Å²) in [4.78, 5) is 2.53. The topological polar surface area (TPSA) is 3.24 Å². The number of benzene rings is 8. The average Bonchev–Trinajstić information content (AvgIpc) is 3.78. The molecule has 0 saturated carbocycles. The molecule has 0 amide bonds. The molecule has 1 spiro atoms. The van der Waals surface area contributed by atoms with E-state index in [1.165, 1.54) is 83.6 Å². The highest BCUT2D eigenvalue weighted by Crippen LogP contribution is 2.65. The first-order valence-corrected chi connectivity index (χ1v) is 18.7. The molecule has 8 aromatic rings. The van der Waals surface area contributed by atoms with E-state index in [4.69, 9.17) is 0 Å². The van der Waals surface area contributed by atoms with E-state index in [-0.39, 0.29) is 5.41 Å². The molecule has 53 heavy (non-hydrogen) atoms. The van der Waals surface area contributed by atoms with Crippen molar-refractivity contribution in [3.05, 3.63) is 221 Å². The molecule has 11 rings (SSSR count). The maximum absolute atomic E-state index is 2.53. The smallest absolute Gasteiger partial charge is 0.0746 e. The van der Waals surface area contributed by atoms with Crippen molar-refractivity contribution in [1.29, 1.82) is 0 Å². The van der Waals surface area contributed by atoms with Gasteiger partial charge in [-0.15, -0.1) is 0 Å². The van der Waals surface area contributed by atoms with Gasteiger partial charge in [-0.25, -0.2) is 0 Å². The van der Waals surface area contributed by atoms with E-state index in [0.717, 1.165) is 11.4 Å². The first kappa shape index (κ1) is 30.2. The van der Waals surface area contributed by atoms with Crippen molar-refractivity contribution in [3.63, 3.8) is 0 Å². The maximum Gasteiger partial charge on any atom is 0.0746 e. The minimum Gasteiger partial charge on any atom is -0.310 e. The summed E-state index contributed by atoms with van der Waals surface area (Å²) in [6.07, 6.45) is 0. The number of rotatable bonds is 4. The Morgan fingerprint density at radius 1 is 0.340 bits per heavy atom. The summed E-state index contributed by atoms with van der Waals surface area (Å²) in [5.41, 5.74) is 21.4. The lowest BCUT2D eigenvalue weighted by Crippen LogP contribution is -2.28. The first-order valence-electron chi connectivity index (χ1n) is 18.7. The average molecular weight is 676 g/mol. The molecule has 1 nitrogen and oxygen atoms in total. The van der Waals surface area contributed by atoms with Crippen LogP contribution in [0.15, 0.2) is 188 Å². The van der Waals surface area contributed by atoms with Crippen LogP contribution in [0.3, 0.4) is 0 Å². The van der Waals surface area contributed by atoms with Gasteiger partial charge < -0.3 is 4.90 Å². The largest absolute Gasteiger partial charge is 0.310 e. The standard InChI is InChI=1S/C52H37N/c1-51(2)44-22-10-6-17-38(44)42-32-31-37(33-48(42)51)53(36-29-27-35(28-30-36)34-15-4-3-5-16-34)49-26-14-21-43-41-20-9-13-25-47(41)52(50(43)49)45-23-11-7-18-39(45)40-19-8-12-24-46(40)52/h3-33H,1-2H3. The van der Waals surface area contributed by atoms with E-state index in [1.807, 2.05) is 0 Å². The van der Waals surface area contributed by atoms with Crippen LogP contribution in [-0.4, -0.2) is 0 Å². The molecule has 3 aliphatic carbocycles. The van der Waals surface area contributed by atoms with Crippen molar-refractivity contribution in [2.24, 2.45) is 0 Å².